The lowest BCUT2D eigenvalue weighted by molar-refractivity contribution is 0.0120. The number of carbonyl (C=O) groups is 1. The summed E-state index contributed by atoms with van der Waals surface area (Å²) in [4.78, 5) is 16.7. The first-order valence-corrected chi connectivity index (χ1v) is 9.43. The van der Waals surface area contributed by atoms with E-state index < -0.39 is 5.60 Å². The van der Waals surface area contributed by atoms with Crippen LogP contribution in [0.3, 0.4) is 0 Å². The van der Waals surface area contributed by atoms with Crippen molar-refractivity contribution >= 4 is 11.8 Å². The van der Waals surface area contributed by atoms with Crippen LogP contribution in [-0.2, 0) is 11.2 Å². The van der Waals surface area contributed by atoms with Gasteiger partial charge in [0.05, 0.1) is 6.04 Å². The summed E-state index contributed by atoms with van der Waals surface area (Å²) in [6.45, 7) is 11.9. The number of ether oxygens (including phenoxy) is 2. The molecule has 2 aliphatic rings. The van der Waals surface area contributed by atoms with E-state index in [2.05, 4.69) is 36.9 Å². The molecule has 1 aromatic carbocycles. The number of benzene rings is 1. The van der Waals surface area contributed by atoms with Crippen LogP contribution >= 0.6 is 0 Å². The molecule has 26 heavy (non-hydrogen) atoms. The van der Waals surface area contributed by atoms with Crippen molar-refractivity contribution in [2.24, 2.45) is 5.73 Å². The van der Waals surface area contributed by atoms with E-state index in [1.165, 1.54) is 5.56 Å². The first-order valence-electron chi connectivity index (χ1n) is 9.43. The molecule has 0 aliphatic carbocycles. The minimum absolute atomic E-state index is 0.0592. The van der Waals surface area contributed by atoms with Crippen LogP contribution in [0.4, 0.5) is 10.5 Å². The number of amides is 1. The van der Waals surface area contributed by atoms with E-state index in [1.807, 2.05) is 25.7 Å². The maximum atomic E-state index is 12.5. The summed E-state index contributed by atoms with van der Waals surface area (Å²) in [5.74, 6) is 0.929. The summed E-state index contributed by atoms with van der Waals surface area (Å²) in [5, 5.41) is 0. The topological polar surface area (TPSA) is 68.0 Å². The Balaban J connectivity index is 1.73. The summed E-state index contributed by atoms with van der Waals surface area (Å²) in [6, 6.07) is 6.66. The molecule has 1 amide bonds. The third kappa shape index (κ3) is 3.90. The molecular weight excluding hydrogens is 330 g/mol. The molecular formula is C20H31N3O3. The molecule has 2 heterocycles. The highest BCUT2D eigenvalue weighted by Crippen LogP contribution is 2.32. The number of nitrogens with zero attached hydrogens (tertiary/aromatic N) is 2. The maximum Gasteiger partial charge on any atom is 0.410 e. The number of piperazine rings is 1. The molecule has 1 saturated heterocycles. The third-order valence-electron chi connectivity index (χ3n) is 5.21. The molecule has 144 valence electrons. The van der Waals surface area contributed by atoms with Crippen LogP contribution in [0.2, 0.25) is 0 Å². The van der Waals surface area contributed by atoms with Gasteiger partial charge >= 0.3 is 6.09 Å². The van der Waals surface area contributed by atoms with Gasteiger partial charge in [0.1, 0.15) is 18.0 Å². The van der Waals surface area contributed by atoms with Crippen molar-refractivity contribution in [3.05, 3.63) is 23.8 Å². The molecule has 1 fully saturated rings. The third-order valence-corrected chi connectivity index (χ3v) is 5.21. The molecule has 3 rings (SSSR count). The van der Waals surface area contributed by atoms with Gasteiger partial charge in [0, 0.05) is 36.9 Å². The Labute approximate surface area is 156 Å². The number of nitrogens with two attached hydrogens (primary N) is 1. The highest BCUT2D eigenvalue weighted by Gasteiger charge is 2.36. The number of carbonyl (C=O) groups excluding carboxylic acids is 1. The van der Waals surface area contributed by atoms with E-state index >= 15 is 0 Å². The molecule has 0 spiro atoms. The molecule has 6 nitrogen and oxygen atoms in total. The Hall–Kier alpha value is -1.95. The fourth-order valence-corrected chi connectivity index (χ4v) is 3.65. The first-order chi connectivity index (χ1) is 12.2. The summed E-state index contributed by atoms with van der Waals surface area (Å²) in [7, 11) is 0. The Bertz CT molecular complexity index is 671. The Morgan fingerprint density at radius 1 is 1.23 bits per heavy atom. The Morgan fingerprint density at radius 3 is 2.65 bits per heavy atom. The normalized spacial score (nSPS) is 26.2. The molecule has 0 bridgehead atoms. The van der Waals surface area contributed by atoms with Gasteiger partial charge in [0.2, 0.25) is 0 Å². The van der Waals surface area contributed by atoms with Gasteiger partial charge in [0.15, 0.2) is 0 Å². The smallest absolute Gasteiger partial charge is 0.410 e. The number of hydrogen-bond donors (Lipinski definition) is 1. The lowest BCUT2D eigenvalue weighted by Gasteiger charge is -2.46. The van der Waals surface area contributed by atoms with Gasteiger partial charge < -0.3 is 25.0 Å². The second-order valence-corrected chi connectivity index (χ2v) is 8.42. The van der Waals surface area contributed by atoms with Crippen LogP contribution in [0.5, 0.6) is 5.75 Å². The van der Waals surface area contributed by atoms with Crippen LogP contribution in [-0.4, -0.2) is 54.4 Å². The monoisotopic (exact) mass is 361 g/mol. The number of fused-ring (bicyclic) bond motifs is 1. The standard InChI is InChI=1S/C20H31N3O3/c1-13-14(2)23(19(24)26-20(3,4)5)9-8-22(13)17-7-6-15-10-16(21)12-25-18(15)11-17/h6-7,11,13-14,16H,8-10,12,21H2,1-5H3. The molecule has 2 aliphatic heterocycles. The van der Waals surface area contributed by atoms with E-state index in [0.29, 0.717) is 13.2 Å². The maximum absolute atomic E-state index is 12.5. The molecule has 3 atom stereocenters. The summed E-state index contributed by atoms with van der Waals surface area (Å²) in [6.07, 6.45) is 0.618. The average molecular weight is 361 g/mol. The van der Waals surface area contributed by atoms with Crippen LogP contribution in [0.1, 0.15) is 40.2 Å². The van der Waals surface area contributed by atoms with E-state index in [-0.39, 0.29) is 24.2 Å². The number of hydrogen-bond acceptors (Lipinski definition) is 5. The lowest BCUT2D eigenvalue weighted by atomic mass is 10.0. The molecule has 6 heteroatoms. The van der Waals surface area contributed by atoms with Crippen molar-refractivity contribution in [1.82, 2.24) is 4.90 Å². The van der Waals surface area contributed by atoms with E-state index in [9.17, 15) is 4.79 Å². The molecule has 0 aromatic heterocycles. The molecule has 3 unspecified atom stereocenters. The highest BCUT2D eigenvalue weighted by molar-refractivity contribution is 5.69. The van der Waals surface area contributed by atoms with Gasteiger partial charge in [0.25, 0.3) is 0 Å². The van der Waals surface area contributed by atoms with Crippen molar-refractivity contribution < 1.29 is 14.3 Å². The number of rotatable bonds is 1. The molecule has 1 aromatic rings. The highest BCUT2D eigenvalue weighted by atomic mass is 16.6. The predicted molar refractivity (Wildman–Crippen MR) is 103 cm³/mol. The summed E-state index contributed by atoms with van der Waals surface area (Å²) >= 11 is 0. The van der Waals surface area contributed by atoms with Gasteiger partial charge in [-0.15, -0.1) is 0 Å². The van der Waals surface area contributed by atoms with Gasteiger partial charge in [-0.1, -0.05) is 6.07 Å². The molecule has 0 radical (unpaired) electrons. The second kappa shape index (κ2) is 6.99. The van der Waals surface area contributed by atoms with E-state index in [4.69, 9.17) is 15.2 Å². The quantitative estimate of drug-likeness (QED) is 0.833. The van der Waals surface area contributed by atoms with Crippen molar-refractivity contribution in [3.63, 3.8) is 0 Å². The minimum atomic E-state index is -0.478. The van der Waals surface area contributed by atoms with Crippen LogP contribution in [0.25, 0.3) is 0 Å². The molecule has 2 N–H and O–H groups in total. The fraction of sp³-hybridized carbons (Fsp3) is 0.650. The van der Waals surface area contributed by atoms with Crippen LogP contribution < -0.4 is 15.4 Å². The van der Waals surface area contributed by atoms with Gasteiger partial charge in [-0.25, -0.2) is 4.79 Å². The minimum Gasteiger partial charge on any atom is -0.492 e. The zero-order valence-electron chi connectivity index (χ0n) is 16.5. The SMILES string of the molecule is CC1C(C)N(c2ccc3c(c2)OCC(N)C3)CCN1C(=O)OC(C)(C)C. The van der Waals surface area contributed by atoms with Crippen molar-refractivity contribution in [2.75, 3.05) is 24.6 Å². The van der Waals surface area contributed by atoms with Crippen LogP contribution in [0, 0.1) is 0 Å². The van der Waals surface area contributed by atoms with Gasteiger partial charge in [-0.2, -0.15) is 0 Å². The largest absolute Gasteiger partial charge is 0.492 e. The van der Waals surface area contributed by atoms with Gasteiger partial charge in [-0.3, -0.25) is 0 Å². The summed E-state index contributed by atoms with van der Waals surface area (Å²) < 4.78 is 11.4. The average Bonchev–Trinajstić information content (AvgIpc) is 2.55. The van der Waals surface area contributed by atoms with Crippen molar-refractivity contribution in [3.8, 4) is 5.75 Å². The zero-order valence-corrected chi connectivity index (χ0v) is 16.5. The Morgan fingerprint density at radius 2 is 1.96 bits per heavy atom. The zero-order chi connectivity index (χ0) is 19.1. The van der Waals surface area contributed by atoms with Crippen molar-refractivity contribution in [1.29, 1.82) is 0 Å². The predicted octanol–water partition coefficient (Wildman–Crippen LogP) is 2.78. The van der Waals surface area contributed by atoms with Gasteiger partial charge in [-0.05, 0) is 52.7 Å². The Kier molecular flexibility index (Phi) is 5.06. The number of anilines is 1. The fourth-order valence-electron chi connectivity index (χ4n) is 3.65. The first kappa shape index (κ1) is 18.8. The summed E-state index contributed by atoms with van der Waals surface area (Å²) in [5.41, 5.74) is 7.79. The van der Waals surface area contributed by atoms with E-state index in [1.54, 1.807) is 0 Å². The molecule has 0 saturated carbocycles. The van der Waals surface area contributed by atoms with E-state index in [0.717, 1.165) is 24.4 Å². The second-order valence-electron chi connectivity index (χ2n) is 8.42. The van der Waals surface area contributed by atoms with Crippen LogP contribution in [0.15, 0.2) is 18.2 Å². The van der Waals surface area contributed by atoms with Crippen molar-refractivity contribution in [2.45, 2.75) is 64.8 Å². The lowest BCUT2D eigenvalue weighted by Crippen LogP contribution is -2.59.